The molecular formula is C18H16FNO2. The van der Waals surface area contributed by atoms with Crippen LogP contribution in [0.3, 0.4) is 0 Å². The molecule has 22 heavy (non-hydrogen) atoms. The lowest BCUT2D eigenvalue weighted by atomic mass is 10.0. The summed E-state index contributed by atoms with van der Waals surface area (Å²) in [6.45, 7) is 4.50. The van der Waals surface area contributed by atoms with Crippen molar-refractivity contribution in [1.82, 2.24) is 4.57 Å². The third-order valence-electron chi connectivity index (χ3n) is 3.83. The molecule has 3 nitrogen and oxygen atoms in total. The fourth-order valence-corrected chi connectivity index (χ4v) is 2.81. The summed E-state index contributed by atoms with van der Waals surface area (Å²) in [5, 5.41) is 10.0. The maximum atomic E-state index is 13.6. The van der Waals surface area contributed by atoms with Crippen LogP contribution in [0.5, 0.6) is 0 Å². The molecule has 3 rings (SSSR count). The van der Waals surface area contributed by atoms with Crippen molar-refractivity contribution in [1.29, 1.82) is 0 Å². The van der Waals surface area contributed by atoms with Gasteiger partial charge in [-0.05, 0) is 54.8 Å². The predicted octanol–water partition coefficient (Wildman–Crippen LogP) is 4.47. The molecule has 112 valence electrons. The number of carboxylic acid groups (broad SMARTS) is 1. The van der Waals surface area contributed by atoms with Gasteiger partial charge < -0.3 is 9.67 Å². The van der Waals surface area contributed by atoms with Crippen LogP contribution in [0.15, 0.2) is 42.6 Å². The van der Waals surface area contributed by atoms with Crippen molar-refractivity contribution in [3.05, 3.63) is 59.5 Å². The van der Waals surface area contributed by atoms with Crippen LogP contribution in [-0.2, 0) is 6.54 Å². The largest absolute Gasteiger partial charge is 0.478 e. The summed E-state index contributed by atoms with van der Waals surface area (Å²) in [6, 6.07) is 10.4. The van der Waals surface area contributed by atoms with Gasteiger partial charge in [-0.2, -0.15) is 0 Å². The number of aromatic nitrogens is 1. The molecule has 1 N–H and O–H groups in total. The van der Waals surface area contributed by atoms with Crippen LogP contribution in [0.4, 0.5) is 4.39 Å². The average Bonchev–Trinajstić information content (AvgIpc) is 2.84. The minimum absolute atomic E-state index is 0.270. The monoisotopic (exact) mass is 297 g/mol. The number of nitrogens with zero attached hydrogens (tertiary/aromatic N) is 1. The molecule has 4 heteroatoms. The first-order valence-corrected chi connectivity index (χ1v) is 7.13. The van der Waals surface area contributed by atoms with E-state index in [0.29, 0.717) is 11.9 Å². The molecule has 0 bridgehead atoms. The SMILES string of the molecule is CCn1cc(C(=O)O)c2cc(-c3cc(C)cc(F)c3)ccc21. The van der Waals surface area contributed by atoms with Crippen molar-refractivity contribution < 1.29 is 14.3 Å². The second kappa shape index (κ2) is 5.30. The molecule has 1 heterocycles. The topological polar surface area (TPSA) is 42.2 Å². The van der Waals surface area contributed by atoms with Gasteiger partial charge in [0.1, 0.15) is 5.82 Å². The van der Waals surface area contributed by atoms with E-state index in [0.717, 1.165) is 22.2 Å². The molecule has 0 fully saturated rings. The van der Waals surface area contributed by atoms with E-state index in [-0.39, 0.29) is 11.4 Å². The first kappa shape index (κ1) is 14.3. The molecule has 0 atom stereocenters. The standard InChI is InChI=1S/C18H16FNO2/c1-3-20-10-16(18(21)22)15-9-12(4-5-17(15)20)13-6-11(2)7-14(19)8-13/h4-10H,3H2,1-2H3,(H,21,22). The van der Waals surface area contributed by atoms with E-state index < -0.39 is 5.97 Å². The van der Waals surface area contributed by atoms with Gasteiger partial charge in [0.05, 0.1) is 5.56 Å². The Morgan fingerprint density at radius 2 is 1.95 bits per heavy atom. The molecule has 0 saturated heterocycles. The summed E-state index contributed by atoms with van der Waals surface area (Å²) >= 11 is 0. The fourth-order valence-electron chi connectivity index (χ4n) is 2.81. The summed E-state index contributed by atoms with van der Waals surface area (Å²) in [7, 11) is 0. The number of benzene rings is 2. The Morgan fingerprint density at radius 1 is 1.18 bits per heavy atom. The predicted molar refractivity (Wildman–Crippen MR) is 84.7 cm³/mol. The minimum Gasteiger partial charge on any atom is -0.478 e. The van der Waals surface area contributed by atoms with Crippen molar-refractivity contribution in [2.45, 2.75) is 20.4 Å². The van der Waals surface area contributed by atoms with Crippen LogP contribution in [0.2, 0.25) is 0 Å². The number of aromatic carboxylic acids is 1. The van der Waals surface area contributed by atoms with E-state index in [4.69, 9.17) is 0 Å². The van der Waals surface area contributed by atoms with Crippen LogP contribution in [0, 0.1) is 12.7 Å². The van der Waals surface area contributed by atoms with Crippen molar-refractivity contribution in [3.63, 3.8) is 0 Å². The quantitative estimate of drug-likeness (QED) is 0.774. The average molecular weight is 297 g/mol. The Bertz CT molecular complexity index is 860. The molecule has 0 amide bonds. The Morgan fingerprint density at radius 3 is 2.59 bits per heavy atom. The third-order valence-corrected chi connectivity index (χ3v) is 3.83. The highest BCUT2D eigenvalue weighted by Gasteiger charge is 2.14. The zero-order chi connectivity index (χ0) is 15.9. The van der Waals surface area contributed by atoms with Crippen LogP contribution < -0.4 is 0 Å². The Labute approximate surface area is 127 Å². The van der Waals surface area contributed by atoms with Gasteiger partial charge in [0, 0.05) is 23.6 Å². The first-order chi connectivity index (χ1) is 10.5. The van der Waals surface area contributed by atoms with E-state index in [1.54, 1.807) is 6.20 Å². The zero-order valence-corrected chi connectivity index (χ0v) is 12.4. The third kappa shape index (κ3) is 2.37. The highest BCUT2D eigenvalue weighted by atomic mass is 19.1. The molecule has 0 unspecified atom stereocenters. The second-order valence-electron chi connectivity index (χ2n) is 5.38. The van der Waals surface area contributed by atoms with Gasteiger partial charge in [-0.1, -0.05) is 12.1 Å². The lowest BCUT2D eigenvalue weighted by Crippen LogP contribution is -1.94. The summed E-state index contributed by atoms with van der Waals surface area (Å²) in [6.07, 6.45) is 1.65. The van der Waals surface area contributed by atoms with Crippen molar-refractivity contribution in [3.8, 4) is 11.1 Å². The highest BCUT2D eigenvalue weighted by molar-refractivity contribution is 6.04. The summed E-state index contributed by atoms with van der Waals surface area (Å²) in [5.41, 5.74) is 3.54. The molecule has 1 aromatic heterocycles. The molecular weight excluding hydrogens is 281 g/mol. The van der Waals surface area contributed by atoms with Gasteiger partial charge in [-0.15, -0.1) is 0 Å². The summed E-state index contributed by atoms with van der Waals surface area (Å²) < 4.78 is 15.5. The molecule has 0 aliphatic rings. The van der Waals surface area contributed by atoms with Crippen molar-refractivity contribution in [2.75, 3.05) is 0 Å². The lowest BCUT2D eigenvalue weighted by Gasteiger charge is -2.06. The molecule has 2 aromatic carbocycles. The normalized spacial score (nSPS) is 11.0. The lowest BCUT2D eigenvalue weighted by molar-refractivity contribution is 0.0699. The first-order valence-electron chi connectivity index (χ1n) is 7.13. The fraction of sp³-hybridized carbons (Fsp3) is 0.167. The number of hydrogen-bond acceptors (Lipinski definition) is 1. The molecule has 0 saturated carbocycles. The van der Waals surface area contributed by atoms with E-state index >= 15 is 0 Å². The van der Waals surface area contributed by atoms with E-state index in [1.165, 1.54) is 12.1 Å². The van der Waals surface area contributed by atoms with Gasteiger partial charge in [-0.3, -0.25) is 0 Å². The Balaban J connectivity index is 2.24. The molecule has 3 aromatic rings. The number of rotatable bonds is 3. The van der Waals surface area contributed by atoms with Crippen LogP contribution in [0.25, 0.3) is 22.0 Å². The number of halogens is 1. The van der Waals surface area contributed by atoms with Gasteiger partial charge >= 0.3 is 5.97 Å². The number of hydrogen-bond donors (Lipinski definition) is 1. The molecule has 0 spiro atoms. The van der Waals surface area contributed by atoms with E-state index in [2.05, 4.69) is 0 Å². The Hall–Kier alpha value is -2.62. The zero-order valence-electron chi connectivity index (χ0n) is 12.4. The number of carboxylic acids is 1. The van der Waals surface area contributed by atoms with Crippen LogP contribution >= 0.6 is 0 Å². The van der Waals surface area contributed by atoms with Crippen molar-refractivity contribution in [2.24, 2.45) is 0 Å². The summed E-state index contributed by atoms with van der Waals surface area (Å²) in [4.78, 5) is 11.4. The van der Waals surface area contributed by atoms with Crippen molar-refractivity contribution >= 4 is 16.9 Å². The highest BCUT2D eigenvalue weighted by Crippen LogP contribution is 2.29. The van der Waals surface area contributed by atoms with Crippen LogP contribution in [0.1, 0.15) is 22.8 Å². The van der Waals surface area contributed by atoms with Gasteiger partial charge in [0.2, 0.25) is 0 Å². The number of carbonyl (C=O) groups is 1. The smallest absolute Gasteiger partial charge is 0.337 e. The molecule has 0 aliphatic carbocycles. The van der Waals surface area contributed by atoms with Gasteiger partial charge in [-0.25, -0.2) is 9.18 Å². The van der Waals surface area contributed by atoms with Gasteiger partial charge in [0.15, 0.2) is 0 Å². The second-order valence-corrected chi connectivity index (χ2v) is 5.38. The van der Waals surface area contributed by atoms with E-state index in [1.807, 2.05) is 42.7 Å². The molecule has 0 aliphatic heterocycles. The maximum Gasteiger partial charge on any atom is 0.337 e. The maximum absolute atomic E-state index is 13.6. The Kier molecular flexibility index (Phi) is 3.45. The summed E-state index contributed by atoms with van der Waals surface area (Å²) in [5.74, 6) is -1.25. The minimum atomic E-state index is -0.954. The molecule has 0 radical (unpaired) electrons. The number of fused-ring (bicyclic) bond motifs is 1. The van der Waals surface area contributed by atoms with Gasteiger partial charge in [0.25, 0.3) is 0 Å². The van der Waals surface area contributed by atoms with Crippen LogP contribution in [-0.4, -0.2) is 15.6 Å². The van der Waals surface area contributed by atoms with E-state index in [9.17, 15) is 14.3 Å². The number of aryl methyl sites for hydroxylation is 2.